The van der Waals surface area contributed by atoms with Gasteiger partial charge in [0.15, 0.2) is 5.82 Å². The highest BCUT2D eigenvalue weighted by Gasteiger charge is 2.09. The zero-order valence-electron chi connectivity index (χ0n) is 8.55. The summed E-state index contributed by atoms with van der Waals surface area (Å²) in [6, 6.07) is 7.61. The van der Waals surface area contributed by atoms with Crippen LogP contribution >= 0.6 is 27.7 Å². The number of hydrogen-bond donors (Lipinski definition) is 2. The van der Waals surface area contributed by atoms with Gasteiger partial charge in [0.25, 0.3) is 0 Å². The molecule has 0 fully saturated rings. The molecule has 0 aliphatic rings. The molecule has 17 heavy (non-hydrogen) atoms. The van der Waals surface area contributed by atoms with Crippen LogP contribution in [0, 0.1) is 0 Å². The number of nitrogens with zero attached hydrogens (tertiary/aromatic N) is 2. The number of hydrogen-bond acceptors (Lipinski definition) is 4. The van der Waals surface area contributed by atoms with Gasteiger partial charge in [-0.15, -0.1) is 5.10 Å². The highest BCUT2D eigenvalue weighted by molar-refractivity contribution is 9.10. The number of carboxylic acid groups (broad SMARTS) is 1. The first-order valence-corrected chi connectivity index (χ1v) is 6.46. The molecule has 0 radical (unpaired) electrons. The van der Waals surface area contributed by atoms with Gasteiger partial charge >= 0.3 is 5.97 Å². The summed E-state index contributed by atoms with van der Waals surface area (Å²) in [6.45, 7) is 0. The molecule has 7 heteroatoms. The first-order chi connectivity index (χ1) is 8.16. The lowest BCUT2D eigenvalue weighted by Gasteiger charge is -1.97. The van der Waals surface area contributed by atoms with Crippen molar-refractivity contribution >= 4 is 33.7 Å². The van der Waals surface area contributed by atoms with E-state index in [-0.39, 0.29) is 5.75 Å². The predicted molar refractivity (Wildman–Crippen MR) is 67.9 cm³/mol. The van der Waals surface area contributed by atoms with Crippen molar-refractivity contribution in [2.45, 2.75) is 5.16 Å². The molecule has 1 heterocycles. The Kier molecular flexibility index (Phi) is 3.80. The summed E-state index contributed by atoms with van der Waals surface area (Å²) in [4.78, 5) is 14.6. The third-order valence-electron chi connectivity index (χ3n) is 1.92. The zero-order chi connectivity index (χ0) is 12.3. The minimum Gasteiger partial charge on any atom is -0.481 e. The molecule has 0 atom stereocenters. The fraction of sp³-hybridized carbons (Fsp3) is 0.100. The highest BCUT2D eigenvalue weighted by Crippen LogP contribution is 2.26. The van der Waals surface area contributed by atoms with E-state index >= 15 is 0 Å². The molecule has 0 saturated carbocycles. The number of carboxylic acids is 1. The van der Waals surface area contributed by atoms with E-state index in [0.29, 0.717) is 11.0 Å². The summed E-state index contributed by atoms with van der Waals surface area (Å²) in [7, 11) is 0. The standard InChI is InChI=1S/C10H8BrN3O2S/c11-7-4-2-1-3-6(7)9-12-10(14-13-9)17-5-8(15)16/h1-4H,5H2,(H,15,16)(H,12,13,14). The van der Waals surface area contributed by atoms with E-state index in [9.17, 15) is 4.79 Å². The Morgan fingerprint density at radius 3 is 2.94 bits per heavy atom. The van der Waals surface area contributed by atoms with Crippen molar-refractivity contribution in [2.24, 2.45) is 0 Å². The maximum atomic E-state index is 10.4. The van der Waals surface area contributed by atoms with E-state index in [1.54, 1.807) is 0 Å². The number of nitrogens with one attached hydrogen (secondary N) is 1. The number of aromatic amines is 1. The fourth-order valence-corrected chi connectivity index (χ4v) is 2.20. The fourth-order valence-electron chi connectivity index (χ4n) is 1.21. The predicted octanol–water partition coefficient (Wildman–Crippen LogP) is 2.41. The molecule has 0 bridgehead atoms. The Morgan fingerprint density at radius 2 is 2.24 bits per heavy atom. The van der Waals surface area contributed by atoms with Crippen LogP contribution < -0.4 is 0 Å². The number of carbonyl (C=O) groups is 1. The number of halogens is 1. The molecule has 0 unspecified atom stereocenters. The number of thioether (sulfide) groups is 1. The average molecular weight is 314 g/mol. The van der Waals surface area contributed by atoms with Crippen molar-refractivity contribution in [2.75, 3.05) is 5.75 Å². The van der Waals surface area contributed by atoms with E-state index in [4.69, 9.17) is 5.11 Å². The van der Waals surface area contributed by atoms with Gasteiger partial charge in [0, 0.05) is 10.0 Å². The van der Waals surface area contributed by atoms with Crippen LogP contribution in [0.25, 0.3) is 11.4 Å². The number of H-pyrrole nitrogens is 1. The summed E-state index contributed by atoms with van der Waals surface area (Å²) in [5.41, 5.74) is 0.891. The molecule has 2 N–H and O–H groups in total. The molecular formula is C10H8BrN3O2S. The molecule has 0 aliphatic carbocycles. The maximum Gasteiger partial charge on any atom is 0.313 e. The lowest BCUT2D eigenvalue weighted by molar-refractivity contribution is -0.133. The third-order valence-corrected chi connectivity index (χ3v) is 3.44. The van der Waals surface area contributed by atoms with Crippen molar-refractivity contribution in [1.29, 1.82) is 0 Å². The molecule has 2 rings (SSSR count). The Hall–Kier alpha value is -1.34. The minimum atomic E-state index is -0.887. The lowest BCUT2D eigenvalue weighted by Crippen LogP contribution is -1.97. The van der Waals surface area contributed by atoms with Crippen LogP contribution in [0.15, 0.2) is 33.9 Å². The second-order valence-corrected chi connectivity index (χ2v) is 4.93. The Labute approximate surface area is 110 Å². The smallest absolute Gasteiger partial charge is 0.313 e. The van der Waals surface area contributed by atoms with Crippen LogP contribution in [0.3, 0.4) is 0 Å². The molecule has 0 spiro atoms. The lowest BCUT2D eigenvalue weighted by atomic mass is 10.2. The molecule has 0 aliphatic heterocycles. The number of aliphatic carboxylic acids is 1. The topological polar surface area (TPSA) is 78.9 Å². The Morgan fingerprint density at radius 1 is 1.47 bits per heavy atom. The van der Waals surface area contributed by atoms with Gasteiger partial charge in [0.05, 0.1) is 5.75 Å². The second-order valence-electron chi connectivity index (χ2n) is 3.13. The van der Waals surface area contributed by atoms with Gasteiger partial charge in [0.1, 0.15) is 0 Å². The molecule has 1 aromatic carbocycles. The molecule has 1 aromatic heterocycles. The van der Waals surface area contributed by atoms with Crippen molar-refractivity contribution < 1.29 is 9.90 Å². The van der Waals surface area contributed by atoms with E-state index in [0.717, 1.165) is 21.8 Å². The minimum absolute atomic E-state index is 0.0484. The maximum absolute atomic E-state index is 10.4. The summed E-state index contributed by atoms with van der Waals surface area (Å²) in [5.74, 6) is -0.319. The van der Waals surface area contributed by atoms with Crippen LogP contribution in [-0.2, 0) is 4.79 Å². The van der Waals surface area contributed by atoms with E-state index in [2.05, 4.69) is 31.1 Å². The van der Waals surface area contributed by atoms with Gasteiger partial charge in [-0.2, -0.15) is 0 Å². The summed E-state index contributed by atoms with van der Waals surface area (Å²) in [5, 5.41) is 15.7. The summed E-state index contributed by atoms with van der Waals surface area (Å²) >= 11 is 4.50. The van der Waals surface area contributed by atoms with Crippen LogP contribution in [-0.4, -0.2) is 32.0 Å². The first kappa shape index (κ1) is 12.1. The quantitative estimate of drug-likeness (QED) is 0.847. The monoisotopic (exact) mass is 313 g/mol. The van der Waals surface area contributed by atoms with Crippen molar-refractivity contribution in [3.63, 3.8) is 0 Å². The third kappa shape index (κ3) is 3.07. The highest BCUT2D eigenvalue weighted by atomic mass is 79.9. The van der Waals surface area contributed by atoms with Crippen molar-refractivity contribution in [1.82, 2.24) is 15.2 Å². The number of benzene rings is 1. The molecule has 0 saturated heterocycles. The van der Waals surface area contributed by atoms with Gasteiger partial charge in [-0.1, -0.05) is 45.9 Å². The van der Waals surface area contributed by atoms with Crippen molar-refractivity contribution in [3.05, 3.63) is 28.7 Å². The first-order valence-electron chi connectivity index (χ1n) is 4.68. The van der Waals surface area contributed by atoms with Crippen molar-refractivity contribution in [3.8, 4) is 11.4 Å². The number of aromatic nitrogens is 3. The average Bonchev–Trinajstić information content (AvgIpc) is 2.75. The van der Waals surface area contributed by atoms with Crippen LogP contribution in [0.5, 0.6) is 0 Å². The van der Waals surface area contributed by atoms with Crippen LogP contribution in [0.4, 0.5) is 0 Å². The van der Waals surface area contributed by atoms with Gasteiger partial charge < -0.3 is 5.11 Å². The SMILES string of the molecule is O=C(O)CSc1n[nH]c(-c2ccccc2Br)n1. The van der Waals surface area contributed by atoms with Gasteiger partial charge in [-0.3, -0.25) is 9.89 Å². The van der Waals surface area contributed by atoms with Gasteiger partial charge in [-0.25, -0.2) is 4.98 Å². The summed E-state index contributed by atoms with van der Waals surface area (Å²) < 4.78 is 0.908. The van der Waals surface area contributed by atoms with Gasteiger partial charge in [-0.05, 0) is 6.07 Å². The zero-order valence-corrected chi connectivity index (χ0v) is 11.0. The van der Waals surface area contributed by atoms with Crippen LogP contribution in [0.2, 0.25) is 0 Å². The Balaban J connectivity index is 2.18. The Bertz CT molecular complexity index is 544. The van der Waals surface area contributed by atoms with E-state index in [1.165, 1.54) is 0 Å². The molecule has 5 nitrogen and oxygen atoms in total. The molecule has 0 amide bonds. The van der Waals surface area contributed by atoms with Gasteiger partial charge in [0.2, 0.25) is 5.16 Å². The molecule has 88 valence electrons. The normalized spacial score (nSPS) is 10.4. The largest absolute Gasteiger partial charge is 0.481 e. The second kappa shape index (κ2) is 5.33. The van der Waals surface area contributed by atoms with E-state index in [1.807, 2.05) is 24.3 Å². The molecular weight excluding hydrogens is 306 g/mol. The van der Waals surface area contributed by atoms with E-state index < -0.39 is 5.97 Å². The summed E-state index contributed by atoms with van der Waals surface area (Å²) in [6.07, 6.45) is 0. The van der Waals surface area contributed by atoms with Crippen LogP contribution in [0.1, 0.15) is 0 Å². The molecule has 2 aromatic rings. The number of rotatable bonds is 4.